The maximum Gasteiger partial charge on any atom is 2.00 e. The summed E-state index contributed by atoms with van der Waals surface area (Å²) in [5, 5.41) is 10.7. The van der Waals surface area contributed by atoms with Gasteiger partial charge in [-0.1, -0.05) is 63.0 Å². The largest absolute Gasteiger partial charge is 2.00 e. The van der Waals surface area contributed by atoms with E-state index in [0.717, 1.165) is 66.6 Å². The fourth-order valence-electron chi connectivity index (χ4n) is 6.44. The molecular weight excluding hydrogens is 991 g/mol. The first kappa shape index (κ1) is 36.2. The molecule has 0 fully saturated rings. The van der Waals surface area contributed by atoms with Gasteiger partial charge in [-0.2, -0.15) is 63.4 Å². The average molecular weight is 1020 g/mol. The Balaban J connectivity index is 0.00000224. The maximum absolute atomic E-state index is 4.63. The Kier molecular flexibility index (Phi) is 10.3. The molecule has 0 unspecified atom stereocenters. The first-order valence-corrected chi connectivity index (χ1v) is 16.3. The molecule has 4 heterocycles. The molecule has 8 rings (SSSR count). The van der Waals surface area contributed by atoms with Gasteiger partial charge in [0.15, 0.2) is 0 Å². The summed E-state index contributed by atoms with van der Waals surface area (Å²) in [5.74, 6) is 0.465. The van der Waals surface area contributed by atoms with Gasteiger partial charge in [0.1, 0.15) is 0 Å². The van der Waals surface area contributed by atoms with E-state index in [1.807, 2.05) is 65.5 Å². The van der Waals surface area contributed by atoms with E-state index in [2.05, 4.69) is 126 Å². The number of pyridine rings is 2. The van der Waals surface area contributed by atoms with Crippen LogP contribution in [0.15, 0.2) is 122 Å². The summed E-state index contributed by atoms with van der Waals surface area (Å²) < 4.78 is 2.03. The van der Waals surface area contributed by atoms with Crippen LogP contribution in [0.3, 0.4) is 0 Å². The van der Waals surface area contributed by atoms with Gasteiger partial charge < -0.3 is 14.5 Å². The van der Waals surface area contributed by atoms with Gasteiger partial charge in [0.25, 0.3) is 5.95 Å². The van der Waals surface area contributed by atoms with Crippen LogP contribution in [0.4, 0.5) is 0 Å². The SMILES string of the molecule is CC(C)(c1[c-]c(-c2ccccn2)ccc1)c1[c-]c2c(cc1)c1ccc(C(C)(C)c3[c-]c(-c4ccccn4)ccc3)[c-]c1n2-c1nccnn1.[Pt+2].[Pt+2]. The normalized spacial score (nSPS) is 11.6. The molecule has 0 amide bonds. The molecule has 4 aromatic carbocycles. The van der Waals surface area contributed by atoms with E-state index in [-0.39, 0.29) is 42.1 Å². The zero-order valence-corrected chi connectivity index (χ0v) is 32.9. The third kappa shape index (κ3) is 6.64. The van der Waals surface area contributed by atoms with Gasteiger partial charge in [0.05, 0.1) is 12.4 Å². The minimum atomic E-state index is -0.415. The van der Waals surface area contributed by atoms with Crippen LogP contribution in [0.1, 0.15) is 49.9 Å². The van der Waals surface area contributed by atoms with E-state index in [1.54, 1.807) is 12.4 Å². The van der Waals surface area contributed by atoms with Crippen molar-refractivity contribution >= 4 is 21.8 Å². The van der Waals surface area contributed by atoms with E-state index in [1.165, 1.54) is 0 Å². The Hall–Kier alpha value is -4.63. The van der Waals surface area contributed by atoms with Crippen molar-refractivity contribution in [1.29, 1.82) is 0 Å². The summed E-state index contributed by atoms with van der Waals surface area (Å²) in [6.07, 6.45) is 6.87. The summed E-state index contributed by atoms with van der Waals surface area (Å²) in [6, 6.07) is 47.8. The van der Waals surface area contributed by atoms with Crippen LogP contribution >= 0.6 is 0 Å². The monoisotopic (exact) mass is 1020 g/mol. The molecule has 8 aromatic rings. The number of benzene rings is 4. The molecule has 0 spiro atoms. The van der Waals surface area contributed by atoms with Crippen molar-refractivity contribution in [3.63, 3.8) is 0 Å². The molecular formula is C43H32N6Pt2. The third-order valence-electron chi connectivity index (χ3n) is 9.42. The van der Waals surface area contributed by atoms with Crippen LogP contribution in [0, 0.1) is 24.3 Å². The quantitative estimate of drug-likeness (QED) is 0.149. The minimum Gasteiger partial charge on any atom is -0.327 e. The van der Waals surface area contributed by atoms with Crippen LogP contribution < -0.4 is 0 Å². The van der Waals surface area contributed by atoms with Crippen LogP contribution in [0.2, 0.25) is 0 Å². The standard InChI is InChI=1S/C43H32N6.2Pt/c1-42(2,31-13-9-11-29(25-31)37-15-5-7-21-44-37)33-17-19-35-36-20-18-34(28-40(36)49(39(35)27-33)41-46-23-24-47-48-41)43(3,4)32-14-10-12-30(26-32)38-16-6-8-22-45-38;;/h5-24H,1-4H3;;/q-4;2*+2. The number of aromatic nitrogens is 6. The third-order valence-corrected chi connectivity index (χ3v) is 9.42. The van der Waals surface area contributed by atoms with E-state index >= 15 is 0 Å². The maximum atomic E-state index is 4.63. The van der Waals surface area contributed by atoms with Gasteiger partial charge in [-0.15, -0.1) is 75.9 Å². The van der Waals surface area contributed by atoms with E-state index in [0.29, 0.717) is 5.95 Å². The van der Waals surface area contributed by atoms with E-state index in [9.17, 15) is 0 Å². The Morgan fingerprint density at radius 1 is 0.471 bits per heavy atom. The molecule has 254 valence electrons. The Labute approximate surface area is 327 Å². The molecule has 0 atom stereocenters. The number of nitrogens with zero attached hydrogens (tertiary/aromatic N) is 6. The summed E-state index contributed by atoms with van der Waals surface area (Å²) >= 11 is 0. The van der Waals surface area contributed by atoms with Crippen molar-refractivity contribution < 1.29 is 42.1 Å². The molecule has 6 nitrogen and oxygen atoms in total. The zero-order valence-electron chi connectivity index (χ0n) is 28.4. The van der Waals surface area contributed by atoms with Crippen molar-refractivity contribution in [1.82, 2.24) is 29.7 Å². The van der Waals surface area contributed by atoms with E-state index < -0.39 is 10.8 Å². The van der Waals surface area contributed by atoms with Crippen molar-refractivity contribution in [3.05, 3.63) is 168 Å². The van der Waals surface area contributed by atoms with Gasteiger partial charge in [-0.25, -0.2) is 4.98 Å². The summed E-state index contributed by atoms with van der Waals surface area (Å²) in [4.78, 5) is 13.7. The fraction of sp³-hybridized carbons (Fsp3) is 0.140. The molecule has 4 aromatic heterocycles. The topological polar surface area (TPSA) is 69.4 Å². The van der Waals surface area contributed by atoms with Crippen molar-refractivity contribution in [3.8, 4) is 28.5 Å². The number of rotatable bonds is 7. The molecule has 0 N–H and O–H groups in total. The fourth-order valence-corrected chi connectivity index (χ4v) is 6.44. The van der Waals surface area contributed by atoms with Gasteiger partial charge in [0, 0.05) is 12.4 Å². The van der Waals surface area contributed by atoms with Crippen LogP contribution in [0.5, 0.6) is 0 Å². The van der Waals surface area contributed by atoms with Crippen molar-refractivity contribution in [2.75, 3.05) is 0 Å². The predicted octanol–water partition coefficient (Wildman–Crippen LogP) is 8.94. The molecule has 51 heavy (non-hydrogen) atoms. The van der Waals surface area contributed by atoms with Gasteiger partial charge in [0.2, 0.25) is 0 Å². The molecule has 0 radical (unpaired) electrons. The Morgan fingerprint density at radius 3 is 1.39 bits per heavy atom. The van der Waals surface area contributed by atoms with Gasteiger partial charge in [-0.05, 0) is 34.4 Å². The first-order valence-electron chi connectivity index (χ1n) is 16.3. The second kappa shape index (κ2) is 14.5. The smallest absolute Gasteiger partial charge is 0.327 e. The summed E-state index contributed by atoms with van der Waals surface area (Å²) in [7, 11) is 0. The molecule has 0 aliphatic carbocycles. The molecule has 8 heteroatoms. The second-order valence-corrected chi connectivity index (χ2v) is 13.2. The molecule has 0 aliphatic rings. The Bertz CT molecular complexity index is 2290. The molecule has 0 bridgehead atoms. The van der Waals surface area contributed by atoms with Crippen molar-refractivity contribution in [2.45, 2.75) is 38.5 Å². The number of hydrogen-bond donors (Lipinski definition) is 0. The predicted molar refractivity (Wildman–Crippen MR) is 193 cm³/mol. The minimum absolute atomic E-state index is 0. The average Bonchev–Trinajstić information content (AvgIpc) is 3.49. The first-order chi connectivity index (χ1) is 23.8. The number of hydrogen-bond acceptors (Lipinski definition) is 5. The molecule has 0 saturated heterocycles. The summed E-state index contributed by atoms with van der Waals surface area (Å²) in [6.45, 7) is 8.81. The van der Waals surface area contributed by atoms with Crippen LogP contribution in [0.25, 0.3) is 50.3 Å². The Morgan fingerprint density at radius 2 is 0.961 bits per heavy atom. The van der Waals surface area contributed by atoms with Crippen LogP contribution in [-0.2, 0) is 53.0 Å². The second-order valence-electron chi connectivity index (χ2n) is 13.2. The van der Waals surface area contributed by atoms with Gasteiger partial charge in [-0.3, -0.25) is 0 Å². The molecule has 0 aliphatic heterocycles. The van der Waals surface area contributed by atoms with Crippen LogP contribution in [-0.4, -0.2) is 29.7 Å². The molecule has 0 saturated carbocycles. The number of fused-ring (bicyclic) bond motifs is 3. The summed E-state index contributed by atoms with van der Waals surface area (Å²) in [5.41, 5.74) is 8.73. The van der Waals surface area contributed by atoms with Crippen molar-refractivity contribution in [2.24, 2.45) is 0 Å². The van der Waals surface area contributed by atoms with Gasteiger partial charge >= 0.3 is 42.1 Å². The van der Waals surface area contributed by atoms with E-state index in [4.69, 9.17) is 0 Å². The zero-order chi connectivity index (χ0) is 33.6.